The molecular weight excluding hydrogens is 354 g/mol. The number of carbonyl (C=O) groups is 3. The molecule has 0 aliphatic carbocycles. The summed E-state index contributed by atoms with van der Waals surface area (Å²) in [6.07, 6.45) is 2.26. The maximum Gasteiger partial charge on any atom is 0.338 e. The van der Waals surface area contributed by atoms with Crippen LogP contribution in [0.2, 0.25) is 0 Å². The van der Waals surface area contributed by atoms with Gasteiger partial charge in [0.1, 0.15) is 11.5 Å². The van der Waals surface area contributed by atoms with Gasteiger partial charge in [-0.3, -0.25) is 14.5 Å². The summed E-state index contributed by atoms with van der Waals surface area (Å²) >= 11 is 0.898. The Kier molecular flexibility index (Phi) is 5.27. The van der Waals surface area contributed by atoms with Crippen molar-refractivity contribution in [2.45, 2.75) is 13.3 Å². The highest BCUT2D eigenvalue weighted by Crippen LogP contribution is 2.34. The largest absolute Gasteiger partial charge is 0.465 e. The van der Waals surface area contributed by atoms with Gasteiger partial charge in [0.15, 0.2) is 0 Å². The number of nitrogens with zero attached hydrogens (tertiary/aromatic N) is 1. The molecule has 3 rings (SSSR count). The molecule has 134 valence electrons. The Morgan fingerprint density at radius 2 is 2.00 bits per heavy atom. The van der Waals surface area contributed by atoms with E-state index < -0.39 is 5.97 Å². The number of hydrogen-bond acceptors (Lipinski definition) is 6. The first-order chi connectivity index (χ1) is 12.5. The molecule has 0 spiro atoms. The zero-order chi connectivity index (χ0) is 18.7. The number of amides is 2. The molecule has 0 unspecified atom stereocenters. The van der Waals surface area contributed by atoms with E-state index in [1.807, 2.05) is 6.92 Å². The molecule has 2 aromatic rings. The van der Waals surface area contributed by atoms with E-state index in [9.17, 15) is 14.4 Å². The summed E-state index contributed by atoms with van der Waals surface area (Å²) in [5, 5.41) is -0.272. The van der Waals surface area contributed by atoms with Crippen LogP contribution in [0, 0.1) is 0 Å². The zero-order valence-corrected chi connectivity index (χ0v) is 15.2. The molecule has 1 aliphatic rings. The monoisotopic (exact) mass is 371 g/mol. The molecule has 2 heterocycles. The number of carbonyl (C=O) groups excluding carboxylic acids is 3. The average molecular weight is 371 g/mol. The van der Waals surface area contributed by atoms with Gasteiger partial charge in [0.25, 0.3) is 11.1 Å². The molecule has 1 aromatic carbocycles. The van der Waals surface area contributed by atoms with E-state index >= 15 is 0 Å². The van der Waals surface area contributed by atoms with Gasteiger partial charge in [-0.25, -0.2) is 4.79 Å². The van der Waals surface area contributed by atoms with Gasteiger partial charge >= 0.3 is 5.97 Å². The van der Waals surface area contributed by atoms with E-state index in [4.69, 9.17) is 9.15 Å². The molecule has 7 heteroatoms. The van der Waals surface area contributed by atoms with Gasteiger partial charge in [0.05, 0.1) is 17.6 Å². The molecule has 1 aromatic heterocycles. The minimum atomic E-state index is -0.459. The second-order valence-electron chi connectivity index (χ2n) is 5.57. The quantitative estimate of drug-likeness (QED) is 0.580. The first kappa shape index (κ1) is 18.0. The number of hydrogen-bond donors (Lipinski definition) is 0. The smallest absolute Gasteiger partial charge is 0.338 e. The molecule has 2 amide bonds. The predicted octanol–water partition coefficient (Wildman–Crippen LogP) is 4.18. The summed E-state index contributed by atoms with van der Waals surface area (Å²) in [5.41, 5.74) is 0.984. The number of benzene rings is 1. The highest BCUT2D eigenvalue weighted by Gasteiger charge is 2.34. The number of methoxy groups -OCH3 is 1. The standard InChI is InChI=1S/C19H17NO5S/c1-3-10-20-17(21)16(26-19(20)23)11-12-8-9-15(25-12)13-6-4-5-7-14(13)18(22)24-2/h4-9,11H,3,10H2,1-2H3/b16-11+. The second-order valence-corrected chi connectivity index (χ2v) is 6.57. The van der Waals surface area contributed by atoms with Crippen molar-refractivity contribution in [1.29, 1.82) is 0 Å². The van der Waals surface area contributed by atoms with Crippen LogP contribution >= 0.6 is 11.8 Å². The lowest BCUT2D eigenvalue weighted by Crippen LogP contribution is -2.28. The summed E-state index contributed by atoms with van der Waals surface area (Å²) < 4.78 is 10.6. The lowest BCUT2D eigenvalue weighted by molar-refractivity contribution is -0.122. The van der Waals surface area contributed by atoms with Crippen LogP contribution in [0.25, 0.3) is 17.4 Å². The number of ether oxygens (including phenoxy) is 1. The highest BCUT2D eigenvalue weighted by molar-refractivity contribution is 8.18. The maximum absolute atomic E-state index is 12.3. The van der Waals surface area contributed by atoms with E-state index in [1.54, 1.807) is 42.5 Å². The van der Waals surface area contributed by atoms with Gasteiger partial charge in [0, 0.05) is 18.2 Å². The normalized spacial score (nSPS) is 15.8. The van der Waals surface area contributed by atoms with Crippen molar-refractivity contribution in [3.63, 3.8) is 0 Å². The van der Waals surface area contributed by atoms with Crippen LogP contribution in [0.3, 0.4) is 0 Å². The Balaban J connectivity index is 1.89. The molecule has 0 saturated carbocycles. The summed E-state index contributed by atoms with van der Waals surface area (Å²) in [5.74, 6) is 0.140. The third kappa shape index (κ3) is 3.43. The van der Waals surface area contributed by atoms with Crippen LogP contribution in [0.5, 0.6) is 0 Å². The topological polar surface area (TPSA) is 76.8 Å². The van der Waals surface area contributed by atoms with Crippen LogP contribution < -0.4 is 0 Å². The van der Waals surface area contributed by atoms with E-state index in [-0.39, 0.29) is 11.1 Å². The summed E-state index contributed by atoms with van der Waals surface area (Å²) in [6.45, 7) is 2.31. The van der Waals surface area contributed by atoms with Crippen molar-refractivity contribution in [3.05, 3.63) is 52.6 Å². The summed E-state index contributed by atoms with van der Waals surface area (Å²) in [6, 6.07) is 10.3. The van der Waals surface area contributed by atoms with Crippen LogP contribution in [0.15, 0.2) is 45.7 Å². The molecule has 1 aliphatic heterocycles. The van der Waals surface area contributed by atoms with Crippen molar-refractivity contribution < 1.29 is 23.5 Å². The van der Waals surface area contributed by atoms with Crippen molar-refractivity contribution in [2.24, 2.45) is 0 Å². The van der Waals surface area contributed by atoms with E-state index in [1.165, 1.54) is 12.0 Å². The van der Waals surface area contributed by atoms with Crippen molar-refractivity contribution in [2.75, 3.05) is 13.7 Å². The van der Waals surface area contributed by atoms with Crippen molar-refractivity contribution in [1.82, 2.24) is 4.90 Å². The van der Waals surface area contributed by atoms with Gasteiger partial charge in [-0.15, -0.1) is 0 Å². The fourth-order valence-electron chi connectivity index (χ4n) is 2.61. The minimum absolute atomic E-state index is 0.272. The van der Waals surface area contributed by atoms with Crippen molar-refractivity contribution >= 4 is 35.0 Å². The van der Waals surface area contributed by atoms with Gasteiger partial charge in [-0.2, -0.15) is 0 Å². The van der Waals surface area contributed by atoms with Crippen LogP contribution in [0.4, 0.5) is 4.79 Å². The van der Waals surface area contributed by atoms with E-state index in [0.29, 0.717) is 40.5 Å². The Morgan fingerprint density at radius 3 is 2.73 bits per heavy atom. The third-order valence-corrected chi connectivity index (χ3v) is 4.73. The molecule has 1 fully saturated rings. The first-order valence-corrected chi connectivity index (χ1v) is 8.89. The number of furan rings is 1. The number of rotatable bonds is 5. The van der Waals surface area contributed by atoms with Gasteiger partial charge in [-0.05, 0) is 36.4 Å². The molecule has 6 nitrogen and oxygen atoms in total. The Labute approximate surface area is 154 Å². The lowest BCUT2D eigenvalue weighted by Gasteiger charge is -2.09. The SMILES string of the molecule is CCCN1C(=O)S/C(=C/c2ccc(-c3ccccc3C(=O)OC)o2)C1=O. The molecule has 0 atom stereocenters. The number of imide groups is 1. The molecule has 26 heavy (non-hydrogen) atoms. The van der Waals surface area contributed by atoms with Crippen LogP contribution in [0.1, 0.15) is 29.5 Å². The Bertz CT molecular complexity index is 899. The van der Waals surface area contributed by atoms with Crippen molar-refractivity contribution in [3.8, 4) is 11.3 Å². The fraction of sp³-hybridized carbons (Fsp3) is 0.211. The van der Waals surface area contributed by atoms with Crippen LogP contribution in [-0.2, 0) is 9.53 Å². The van der Waals surface area contributed by atoms with Gasteiger partial charge < -0.3 is 9.15 Å². The molecule has 0 bridgehead atoms. The average Bonchev–Trinajstić information content (AvgIpc) is 3.22. The molecular formula is C19H17NO5S. The lowest BCUT2D eigenvalue weighted by atomic mass is 10.1. The maximum atomic E-state index is 12.3. The second kappa shape index (κ2) is 7.61. The molecule has 0 radical (unpaired) electrons. The molecule has 0 N–H and O–H groups in total. The highest BCUT2D eigenvalue weighted by atomic mass is 32.2. The van der Waals surface area contributed by atoms with E-state index in [2.05, 4.69) is 0 Å². The third-order valence-electron chi connectivity index (χ3n) is 3.82. The minimum Gasteiger partial charge on any atom is -0.465 e. The fourth-order valence-corrected chi connectivity index (χ4v) is 3.45. The first-order valence-electron chi connectivity index (χ1n) is 8.08. The summed E-state index contributed by atoms with van der Waals surface area (Å²) in [7, 11) is 1.32. The zero-order valence-electron chi connectivity index (χ0n) is 14.4. The molecule has 1 saturated heterocycles. The van der Waals surface area contributed by atoms with Crippen LogP contribution in [-0.4, -0.2) is 35.7 Å². The predicted molar refractivity (Wildman–Crippen MR) is 98.5 cm³/mol. The Morgan fingerprint density at radius 1 is 1.23 bits per heavy atom. The van der Waals surface area contributed by atoms with Gasteiger partial charge in [0.2, 0.25) is 0 Å². The van der Waals surface area contributed by atoms with E-state index in [0.717, 1.165) is 11.8 Å². The Hall–Kier alpha value is -2.80. The number of thioether (sulfide) groups is 1. The number of esters is 1. The van der Waals surface area contributed by atoms with Gasteiger partial charge in [-0.1, -0.05) is 25.1 Å². The summed E-state index contributed by atoms with van der Waals surface area (Å²) in [4.78, 5) is 37.6.